The van der Waals surface area contributed by atoms with Crippen LogP contribution in [0.25, 0.3) is 0 Å². The molecule has 106 valence electrons. The van der Waals surface area contributed by atoms with Gasteiger partial charge in [0.25, 0.3) is 0 Å². The van der Waals surface area contributed by atoms with E-state index in [1.807, 2.05) is 31.5 Å². The molecule has 0 radical (unpaired) electrons. The van der Waals surface area contributed by atoms with Crippen LogP contribution < -0.4 is 0 Å². The third-order valence-electron chi connectivity index (χ3n) is 4.04. The van der Waals surface area contributed by atoms with Crippen LogP contribution in [-0.2, 0) is 13.0 Å². The maximum Gasteiger partial charge on any atom is 0.0925 e. The number of nitrogens with one attached hydrogen (secondary N) is 1. The number of H-pyrrole nitrogens is 1. The molecule has 2 aromatic rings. The van der Waals surface area contributed by atoms with E-state index in [0.29, 0.717) is 0 Å². The van der Waals surface area contributed by atoms with Gasteiger partial charge in [-0.2, -0.15) is 0 Å². The second kappa shape index (κ2) is 5.73. The maximum absolute atomic E-state index is 10.2. The molecule has 0 saturated carbocycles. The Bertz CT molecular complexity index is 554. The van der Waals surface area contributed by atoms with E-state index >= 15 is 0 Å². The van der Waals surface area contributed by atoms with E-state index < -0.39 is 0 Å². The van der Waals surface area contributed by atoms with E-state index in [2.05, 4.69) is 19.9 Å². The summed E-state index contributed by atoms with van der Waals surface area (Å²) in [4.78, 5) is 13.7. The van der Waals surface area contributed by atoms with Crippen LogP contribution >= 0.6 is 0 Å². The molecule has 2 N–H and O–H groups in total. The van der Waals surface area contributed by atoms with Gasteiger partial charge in [-0.25, -0.2) is 4.98 Å². The minimum Gasteiger partial charge on any atom is -0.391 e. The quantitative estimate of drug-likeness (QED) is 0.876. The Hall–Kier alpha value is -1.72. The Morgan fingerprint density at radius 3 is 2.85 bits per heavy atom. The molecule has 1 aliphatic heterocycles. The first-order chi connectivity index (χ1) is 9.72. The van der Waals surface area contributed by atoms with Crippen LogP contribution in [0.15, 0.2) is 30.9 Å². The normalized spacial score (nSPS) is 23.3. The maximum atomic E-state index is 10.2. The SMILES string of the molecule is Cc1[nH]cnc1CN1C[C@@H](Cc2ccncc2)[C@@H](O)C1. The van der Waals surface area contributed by atoms with Crippen molar-refractivity contribution in [3.63, 3.8) is 0 Å². The fraction of sp³-hybridized carbons (Fsp3) is 0.467. The Kier molecular flexibility index (Phi) is 3.80. The van der Waals surface area contributed by atoms with E-state index in [-0.39, 0.29) is 12.0 Å². The average molecular weight is 272 g/mol. The van der Waals surface area contributed by atoms with Crippen LogP contribution in [0.1, 0.15) is 17.0 Å². The molecule has 0 unspecified atom stereocenters. The number of pyridine rings is 1. The van der Waals surface area contributed by atoms with E-state index in [4.69, 9.17) is 0 Å². The van der Waals surface area contributed by atoms with Gasteiger partial charge in [-0.3, -0.25) is 9.88 Å². The number of aryl methyl sites for hydroxylation is 1. The number of likely N-dealkylation sites (tertiary alicyclic amines) is 1. The van der Waals surface area contributed by atoms with Crippen molar-refractivity contribution in [2.24, 2.45) is 5.92 Å². The van der Waals surface area contributed by atoms with Gasteiger partial charge in [-0.15, -0.1) is 0 Å². The first-order valence-electron chi connectivity index (χ1n) is 7.00. The van der Waals surface area contributed by atoms with Crippen LogP contribution in [0.5, 0.6) is 0 Å². The molecule has 0 bridgehead atoms. The van der Waals surface area contributed by atoms with Gasteiger partial charge >= 0.3 is 0 Å². The van der Waals surface area contributed by atoms with Crippen LogP contribution in [0.3, 0.4) is 0 Å². The minimum absolute atomic E-state index is 0.262. The van der Waals surface area contributed by atoms with Crippen LogP contribution in [0, 0.1) is 12.8 Å². The fourth-order valence-electron chi connectivity index (χ4n) is 2.85. The Morgan fingerprint density at radius 2 is 2.15 bits per heavy atom. The molecule has 5 nitrogen and oxygen atoms in total. The van der Waals surface area contributed by atoms with Crippen LogP contribution in [0.4, 0.5) is 0 Å². The molecule has 0 aromatic carbocycles. The molecular formula is C15H20N4O. The molecule has 2 atom stereocenters. The first kappa shape index (κ1) is 13.3. The fourth-order valence-corrected chi connectivity index (χ4v) is 2.85. The lowest BCUT2D eigenvalue weighted by molar-refractivity contribution is 0.141. The third kappa shape index (κ3) is 2.89. The molecule has 5 heteroatoms. The molecule has 0 spiro atoms. The van der Waals surface area contributed by atoms with Crippen LogP contribution in [0.2, 0.25) is 0 Å². The van der Waals surface area contributed by atoms with Crippen LogP contribution in [-0.4, -0.2) is 44.2 Å². The summed E-state index contributed by atoms with van der Waals surface area (Å²) in [6, 6.07) is 4.04. The van der Waals surface area contributed by atoms with Gasteiger partial charge in [0.1, 0.15) is 0 Å². The van der Waals surface area contributed by atoms with Gasteiger partial charge in [0.05, 0.1) is 18.1 Å². The van der Waals surface area contributed by atoms with Gasteiger partial charge in [0.15, 0.2) is 0 Å². The highest BCUT2D eigenvalue weighted by Gasteiger charge is 2.31. The number of rotatable bonds is 4. The number of aromatic amines is 1. The highest BCUT2D eigenvalue weighted by atomic mass is 16.3. The zero-order valence-electron chi connectivity index (χ0n) is 11.7. The molecule has 3 heterocycles. The lowest BCUT2D eigenvalue weighted by Crippen LogP contribution is -2.22. The summed E-state index contributed by atoms with van der Waals surface area (Å²) in [5, 5.41) is 10.2. The molecule has 20 heavy (non-hydrogen) atoms. The summed E-state index contributed by atoms with van der Waals surface area (Å²) >= 11 is 0. The van der Waals surface area contributed by atoms with Gasteiger partial charge in [0, 0.05) is 43.6 Å². The van der Waals surface area contributed by atoms with Crippen molar-refractivity contribution in [1.29, 1.82) is 0 Å². The lowest BCUT2D eigenvalue weighted by Gasteiger charge is -2.14. The largest absolute Gasteiger partial charge is 0.391 e. The van der Waals surface area contributed by atoms with E-state index in [9.17, 15) is 5.11 Å². The zero-order valence-corrected chi connectivity index (χ0v) is 11.7. The number of aliphatic hydroxyl groups is 1. The lowest BCUT2D eigenvalue weighted by atomic mass is 9.97. The van der Waals surface area contributed by atoms with Gasteiger partial charge in [-0.05, 0) is 31.0 Å². The minimum atomic E-state index is -0.262. The van der Waals surface area contributed by atoms with Gasteiger partial charge < -0.3 is 10.1 Å². The smallest absolute Gasteiger partial charge is 0.0925 e. The Morgan fingerprint density at radius 1 is 1.35 bits per heavy atom. The molecule has 3 rings (SSSR count). The standard InChI is InChI=1S/C15H20N4O/c1-11-14(18-10-17-11)8-19-7-13(15(20)9-19)6-12-2-4-16-5-3-12/h2-5,10,13,15,20H,6-9H2,1H3,(H,17,18)/t13-,15+/m1/s1. The van der Waals surface area contributed by atoms with Crippen molar-refractivity contribution in [3.8, 4) is 0 Å². The Balaban J connectivity index is 1.61. The number of aliphatic hydroxyl groups excluding tert-OH is 1. The second-order valence-electron chi connectivity index (χ2n) is 5.56. The van der Waals surface area contributed by atoms with E-state index in [1.165, 1.54) is 5.56 Å². The summed E-state index contributed by atoms with van der Waals surface area (Å²) in [6.45, 7) is 4.47. The zero-order chi connectivity index (χ0) is 13.9. The molecule has 1 saturated heterocycles. The van der Waals surface area contributed by atoms with Crippen molar-refractivity contribution in [2.75, 3.05) is 13.1 Å². The monoisotopic (exact) mass is 272 g/mol. The second-order valence-corrected chi connectivity index (χ2v) is 5.56. The highest BCUT2D eigenvalue weighted by Crippen LogP contribution is 2.23. The van der Waals surface area contributed by atoms with Gasteiger partial charge in [-0.1, -0.05) is 0 Å². The average Bonchev–Trinajstić information content (AvgIpc) is 2.99. The predicted molar refractivity (Wildman–Crippen MR) is 76.0 cm³/mol. The number of aromatic nitrogens is 3. The molecule has 0 amide bonds. The Labute approximate surface area is 118 Å². The van der Waals surface area contributed by atoms with Gasteiger partial charge in [0.2, 0.25) is 0 Å². The van der Waals surface area contributed by atoms with Crippen molar-refractivity contribution in [3.05, 3.63) is 47.8 Å². The summed E-state index contributed by atoms with van der Waals surface area (Å²) in [7, 11) is 0. The number of hydrogen-bond acceptors (Lipinski definition) is 4. The number of hydrogen-bond donors (Lipinski definition) is 2. The number of nitrogens with zero attached hydrogens (tertiary/aromatic N) is 3. The molecular weight excluding hydrogens is 252 g/mol. The topological polar surface area (TPSA) is 65.0 Å². The summed E-state index contributed by atoms with van der Waals surface area (Å²) in [5.41, 5.74) is 3.42. The number of imidazole rings is 1. The molecule has 2 aromatic heterocycles. The van der Waals surface area contributed by atoms with Crippen molar-refractivity contribution < 1.29 is 5.11 Å². The molecule has 0 aliphatic carbocycles. The van der Waals surface area contributed by atoms with Crippen molar-refractivity contribution in [1.82, 2.24) is 19.9 Å². The summed E-state index contributed by atoms with van der Waals surface area (Å²) in [5.74, 6) is 0.289. The predicted octanol–water partition coefficient (Wildman–Crippen LogP) is 1.15. The molecule has 1 fully saturated rings. The number of β-amino-alcohol motifs (C(OH)–C–C–N with tert-alkyl or cyclic N) is 1. The van der Waals surface area contributed by atoms with Crippen molar-refractivity contribution in [2.45, 2.75) is 26.0 Å². The third-order valence-corrected chi connectivity index (χ3v) is 4.04. The van der Waals surface area contributed by atoms with E-state index in [1.54, 1.807) is 6.33 Å². The highest BCUT2D eigenvalue weighted by molar-refractivity contribution is 5.13. The molecule has 1 aliphatic rings. The first-order valence-corrected chi connectivity index (χ1v) is 7.00. The summed E-state index contributed by atoms with van der Waals surface area (Å²) < 4.78 is 0. The van der Waals surface area contributed by atoms with E-state index in [0.717, 1.165) is 37.4 Å². The van der Waals surface area contributed by atoms with Crippen molar-refractivity contribution >= 4 is 0 Å². The summed E-state index contributed by atoms with van der Waals surface area (Å²) in [6.07, 6.45) is 5.98.